The molecular weight excluding hydrogens is 419 g/mol. The van der Waals surface area contributed by atoms with Gasteiger partial charge in [-0.05, 0) is 58.6 Å². The van der Waals surface area contributed by atoms with E-state index in [1.807, 2.05) is 18.2 Å². The normalized spacial score (nSPS) is 11.4. The zero-order valence-corrected chi connectivity index (χ0v) is 17.2. The Hall–Kier alpha value is -2.17. The van der Waals surface area contributed by atoms with Crippen LogP contribution in [0.4, 0.5) is 10.1 Å². The lowest BCUT2D eigenvalue weighted by Gasteiger charge is -2.23. The van der Waals surface area contributed by atoms with Crippen LogP contribution < -0.4 is 14.4 Å². The van der Waals surface area contributed by atoms with E-state index in [0.29, 0.717) is 27.1 Å². The average Bonchev–Trinajstić information content (AvgIpc) is 2.66. The highest BCUT2D eigenvalue weighted by Crippen LogP contribution is 2.39. The maximum absolute atomic E-state index is 13.2. The molecule has 0 aliphatic carbocycles. The van der Waals surface area contributed by atoms with Gasteiger partial charge >= 0.3 is 0 Å². The van der Waals surface area contributed by atoms with Crippen LogP contribution in [0.1, 0.15) is 5.56 Å². The van der Waals surface area contributed by atoms with Gasteiger partial charge in [0.05, 0.1) is 24.8 Å². The largest absolute Gasteiger partial charge is 0.493 e. The number of allylic oxidation sites excluding steroid dienone is 1. The van der Waals surface area contributed by atoms with Gasteiger partial charge in [-0.2, -0.15) is 5.26 Å². The van der Waals surface area contributed by atoms with E-state index in [0.717, 1.165) is 10.7 Å². The summed E-state index contributed by atoms with van der Waals surface area (Å²) >= 11 is 4.94. The SMILES string of the molecule is COc1cc(Br)c(/C(C#N)=C(/SC)N(C)c2ccc(F)cc2)cc1OC. The van der Waals surface area contributed by atoms with Crippen LogP contribution in [0.15, 0.2) is 45.9 Å². The van der Waals surface area contributed by atoms with E-state index in [2.05, 4.69) is 22.0 Å². The molecule has 2 rings (SSSR count). The standard InChI is InChI=1S/C19H18BrFN2O2S/c1-23(13-7-5-12(21)6-8-13)19(26-4)15(11-22)14-9-17(24-2)18(25-3)10-16(14)20/h5-10H,1-4H3/b19-15+. The Morgan fingerprint density at radius 2 is 1.73 bits per heavy atom. The average molecular weight is 437 g/mol. The molecule has 0 amide bonds. The number of halogens is 2. The van der Waals surface area contributed by atoms with Crippen LogP contribution in [0.2, 0.25) is 0 Å². The van der Waals surface area contributed by atoms with Gasteiger partial charge in [-0.25, -0.2) is 4.39 Å². The third kappa shape index (κ3) is 4.14. The van der Waals surface area contributed by atoms with Gasteiger partial charge in [0.25, 0.3) is 0 Å². The number of nitriles is 1. The minimum absolute atomic E-state index is 0.306. The molecule has 0 unspecified atom stereocenters. The second-order valence-electron chi connectivity index (χ2n) is 5.22. The van der Waals surface area contributed by atoms with Crippen molar-refractivity contribution in [1.29, 1.82) is 5.26 Å². The summed E-state index contributed by atoms with van der Waals surface area (Å²) < 4.78 is 24.6. The number of methoxy groups -OCH3 is 2. The Morgan fingerprint density at radius 3 is 2.23 bits per heavy atom. The number of hydrogen-bond donors (Lipinski definition) is 0. The zero-order valence-electron chi connectivity index (χ0n) is 14.8. The fraction of sp³-hybridized carbons (Fsp3) is 0.211. The third-order valence-electron chi connectivity index (χ3n) is 3.78. The van der Waals surface area contributed by atoms with E-state index in [-0.39, 0.29) is 5.82 Å². The summed E-state index contributed by atoms with van der Waals surface area (Å²) in [6, 6.07) is 11.9. The highest BCUT2D eigenvalue weighted by atomic mass is 79.9. The highest BCUT2D eigenvalue weighted by molar-refractivity contribution is 9.10. The molecule has 2 aromatic rings. The van der Waals surface area contributed by atoms with E-state index in [1.165, 1.54) is 23.9 Å². The van der Waals surface area contributed by atoms with Crippen LogP contribution in [-0.4, -0.2) is 27.5 Å². The molecule has 0 bridgehead atoms. The molecule has 4 nitrogen and oxygen atoms in total. The van der Waals surface area contributed by atoms with Crippen molar-refractivity contribution in [3.05, 3.63) is 57.3 Å². The number of nitrogens with zero attached hydrogens (tertiary/aromatic N) is 2. The first-order valence-electron chi connectivity index (χ1n) is 7.56. The van der Waals surface area contributed by atoms with Crippen LogP contribution in [0.3, 0.4) is 0 Å². The van der Waals surface area contributed by atoms with E-state index in [9.17, 15) is 9.65 Å². The first-order valence-corrected chi connectivity index (χ1v) is 9.58. The quantitative estimate of drug-likeness (QED) is 0.575. The fourth-order valence-corrected chi connectivity index (χ4v) is 3.72. The van der Waals surface area contributed by atoms with Gasteiger partial charge < -0.3 is 14.4 Å². The minimum atomic E-state index is -0.306. The lowest BCUT2D eigenvalue weighted by molar-refractivity contribution is 0.354. The van der Waals surface area contributed by atoms with Gasteiger partial charge in [0.2, 0.25) is 0 Å². The molecule has 0 fully saturated rings. The van der Waals surface area contributed by atoms with E-state index >= 15 is 0 Å². The number of ether oxygens (including phenoxy) is 2. The van der Waals surface area contributed by atoms with Gasteiger partial charge in [-0.3, -0.25) is 0 Å². The smallest absolute Gasteiger partial charge is 0.161 e. The number of benzene rings is 2. The van der Waals surface area contributed by atoms with Crippen LogP contribution >= 0.6 is 27.7 Å². The van der Waals surface area contributed by atoms with Crippen molar-refractivity contribution in [1.82, 2.24) is 0 Å². The van der Waals surface area contributed by atoms with E-state index < -0.39 is 0 Å². The van der Waals surface area contributed by atoms with E-state index in [4.69, 9.17) is 9.47 Å². The minimum Gasteiger partial charge on any atom is -0.493 e. The molecule has 0 saturated carbocycles. The van der Waals surface area contributed by atoms with Crippen LogP contribution in [0.25, 0.3) is 5.57 Å². The summed E-state index contributed by atoms with van der Waals surface area (Å²) in [5, 5.41) is 10.6. The molecule has 26 heavy (non-hydrogen) atoms. The van der Waals surface area contributed by atoms with Gasteiger partial charge in [-0.1, -0.05) is 0 Å². The molecule has 7 heteroatoms. The molecule has 0 heterocycles. The molecule has 2 aromatic carbocycles. The number of rotatable bonds is 6. The first-order chi connectivity index (χ1) is 12.5. The molecule has 136 valence electrons. The van der Waals surface area contributed by atoms with Crippen molar-refractivity contribution in [2.24, 2.45) is 0 Å². The van der Waals surface area contributed by atoms with Crippen LogP contribution in [0.5, 0.6) is 11.5 Å². The molecule has 0 spiro atoms. The van der Waals surface area contributed by atoms with Crippen LogP contribution in [-0.2, 0) is 0 Å². The van der Waals surface area contributed by atoms with Crippen molar-refractivity contribution in [3.63, 3.8) is 0 Å². The molecule has 0 saturated heterocycles. The Morgan fingerprint density at radius 1 is 1.15 bits per heavy atom. The van der Waals surface area contributed by atoms with Crippen LogP contribution in [0, 0.1) is 17.1 Å². The number of anilines is 1. The Bertz CT molecular complexity index is 863. The second-order valence-corrected chi connectivity index (χ2v) is 6.87. The van der Waals surface area contributed by atoms with Crippen molar-refractivity contribution >= 4 is 39.0 Å². The van der Waals surface area contributed by atoms with Crippen molar-refractivity contribution < 1.29 is 13.9 Å². The van der Waals surface area contributed by atoms with Gasteiger partial charge in [0.15, 0.2) is 11.5 Å². The molecule has 0 atom stereocenters. The summed E-state index contributed by atoms with van der Waals surface area (Å²) in [7, 11) is 4.94. The van der Waals surface area contributed by atoms with Crippen molar-refractivity contribution in [3.8, 4) is 17.6 Å². The summed E-state index contributed by atoms with van der Waals surface area (Å²) in [5.74, 6) is 0.793. The molecule has 0 aromatic heterocycles. The molecule has 0 N–H and O–H groups in total. The molecule has 0 radical (unpaired) electrons. The fourth-order valence-electron chi connectivity index (χ4n) is 2.46. The third-order valence-corrected chi connectivity index (χ3v) is 5.30. The lowest BCUT2D eigenvalue weighted by Crippen LogP contribution is -2.16. The summed E-state index contributed by atoms with van der Waals surface area (Å²) in [6.07, 6.45) is 1.89. The molecule has 0 aliphatic heterocycles. The first kappa shape index (κ1) is 20.1. The number of thioether (sulfide) groups is 1. The Balaban J connectivity index is 2.62. The molecular formula is C19H18BrFN2O2S. The number of hydrogen-bond acceptors (Lipinski definition) is 5. The maximum Gasteiger partial charge on any atom is 0.161 e. The second kappa shape index (κ2) is 8.97. The van der Waals surface area contributed by atoms with Gasteiger partial charge in [-0.15, -0.1) is 11.8 Å². The van der Waals surface area contributed by atoms with Gasteiger partial charge in [0.1, 0.15) is 11.9 Å². The van der Waals surface area contributed by atoms with Crippen molar-refractivity contribution in [2.75, 3.05) is 32.4 Å². The molecule has 0 aliphatic rings. The summed E-state index contributed by atoms with van der Waals surface area (Å²) in [6.45, 7) is 0. The van der Waals surface area contributed by atoms with E-state index in [1.54, 1.807) is 38.5 Å². The highest BCUT2D eigenvalue weighted by Gasteiger charge is 2.19. The van der Waals surface area contributed by atoms with Gasteiger partial charge in [0, 0.05) is 22.8 Å². The van der Waals surface area contributed by atoms with Crippen molar-refractivity contribution in [2.45, 2.75) is 0 Å². The predicted octanol–water partition coefficient (Wildman–Crippen LogP) is 5.30. The Kier molecular flexibility index (Phi) is 6.95. The summed E-state index contributed by atoms with van der Waals surface area (Å²) in [4.78, 5) is 1.85. The maximum atomic E-state index is 13.2. The summed E-state index contributed by atoms with van der Waals surface area (Å²) in [5.41, 5.74) is 1.93. The lowest BCUT2D eigenvalue weighted by atomic mass is 10.1. The predicted molar refractivity (Wildman–Crippen MR) is 108 cm³/mol. The topological polar surface area (TPSA) is 45.5 Å². The monoisotopic (exact) mass is 436 g/mol. The zero-order chi connectivity index (χ0) is 19.3. The Labute approximate surface area is 165 Å².